The van der Waals surface area contributed by atoms with Gasteiger partial charge in [-0.15, -0.1) is 0 Å². The molecule has 0 aliphatic carbocycles. The molecule has 1 fully saturated rings. The molecule has 1 saturated heterocycles. The average Bonchev–Trinajstić information content (AvgIpc) is 3.37. The Morgan fingerprint density at radius 1 is 1.42 bits per heavy atom. The lowest BCUT2D eigenvalue weighted by Crippen LogP contribution is -2.32. The number of hydrogen-bond acceptors (Lipinski definition) is 5. The second-order valence-corrected chi connectivity index (χ2v) is 7.84. The van der Waals surface area contributed by atoms with E-state index < -0.39 is 0 Å². The molecule has 1 aliphatic heterocycles. The third kappa shape index (κ3) is 3.37. The summed E-state index contributed by atoms with van der Waals surface area (Å²) in [5.41, 5.74) is 2.35. The Balaban J connectivity index is 1.61. The highest BCUT2D eigenvalue weighted by atomic mass is 32.1. The number of benzene rings is 1. The number of rotatable bonds is 5. The van der Waals surface area contributed by atoms with Crippen molar-refractivity contribution in [2.75, 3.05) is 13.2 Å². The van der Waals surface area contributed by atoms with Crippen molar-refractivity contribution >= 4 is 27.5 Å². The molecule has 4 rings (SSSR count). The van der Waals surface area contributed by atoms with Crippen LogP contribution in [0.2, 0.25) is 0 Å². The first-order chi connectivity index (χ1) is 12.6. The molecule has 0 spiro atoms. The zero-order valence-corrected chi connectivity index (χ0v) is 15.8. The minimum absolute atomic E-state index is 0.120. The quantitative estimate of drug-likeness (QED) is 0.746. The minimum atomic E-state index is -0.165. The van der Waals surface area contributed by atoms with Crippen LogP contribution in [0.15, 0.2) is 30.3 Å². The third-order valence-corrected chi connectivity index (χ3v) is 5.55. The van der Waals surface area contributed by atoms with Crippen LogP contribution in [0, 0.1) is 0 Å². The monoisotopic (exact) mass is 370 g/mol. The summed E-state index contributed by atoms with van der Waals surface area (Å²) in [6.07, 6.45) is 2.18. The van der Waals surface area contributed by atoms with Gasteiger partial charge in [0, 0.05) is 13.2 Å². The molecule has 0 radical (unpaired) electrons. The first-order valence-electron chi connectivity index (χ1n) is 8.97. The molecule has 0 unspecified atom stereocenters. The normalized spacial score (nSPS) is 17.3. The lowest BCUT2D eigenvalue weighted by Gasteiger charge is -2.09. The molecule has 1 amide bonds. The Labute approximate surface area is 156 Å². The van der Waals surface area contributed by atoms with Crippen molar-refractivity contribution in [3.8, 4) is 5.13 Å². The molecule has 7 heteroatoms. The van der Waals surface area contributed by atoms with Crippen molar-refractivity contribution in [3.63, 3.8) is 0 Å². The summed E-state index contributed by atoms with van der Waals surface area (Å²) < 4.78 is 8.47. The van der Waals surface area contributed by atoms with Gasteiger partial charge in [-0.25, -0.2) is 9.67 Å². The molecule has 2 aromatic heterocycles. The van der Waals surface area contributed by atoms with Crippen molar-refractivity contribution in [1.82, 2.24) is 20.1 Å². The molecular weight excluding hydrogens is 348 g/mol. The summed E-state index contributed by atoms with van der Waals surface area (Å²) in [6.45, 7) is 5.50. The molecule has 6 nitrogen and oxygen atoms in total. The number of para-hydroxylation sites is 1. The number of amides is 1. The van der Waals surface area contributed by atoms with Crippen LogP contribution in [0.5, 0.6) is 0 Å². The summed E-state index contributed by atoms with van der Waals surface area (Å²) >= 11 is 1.58. The van der Waals surface area contributed by atoms with Crippen LogP contribution in [0.3, 0.4) is 0 Å². The largest absolute Gasteiger partial charge is 0.376 e. The van der Waals surface area contributed by atoms with E-state index in [1.165, 1.54) is 0 Å². The molecular formula is C19H22N4O2S. The van der Waals surface area contributed by atoms with Crippen LogP contribution in [-0.4, -0.2) is 39.9 Å². The van der Waals surface area contributed by atoms with E-state index in [9.17, 15) is 4.79 Å². The standard InChI is InChI=1S/C19H22N4O2S/c1-12(2)16-10-15(18(24)20-11-13-6-5-9-25-13)22-23(16)19-21-14-7-3-4-8-17(14)26-19/h3-4,7-8,10,12-13H,5-6,9,11H2,1-2H3,(H,20,24)/t13-/m1/s1. The predicted octanol–water partition coefficient (Wildman–Crippen LogP) is 3.51. The Bertz CT molecular complexity index is 892. The van der Waals surface area contributed by atoms with Crippen LogP contribution in [0.4, 0.5) is 0 Å². The van der Waals surface area contributed by atoms with E-state index in [0.717, 1.165) is 40.5 Å². The predicted molar refractivity (Wildman–Crippen MR) is 102 cm³/mol. The van der Waals surface area contributed by atoms with Gasteiger partial charge >= 0.3 is 0 Å². The van der Waals surface area contributed by atoms with Gasteiger partial charge in [-0.2, -0.15) is 5.10 Å². The number of carbonyl (C=O) groups excluding carboxylic acids is 1. The van der Waals surface area contributed by atoms with Gasteiger partial charge in [0.25, 0.3) is 5.91 Å². The maximum atomic E-state index is 12.5. The van der Waals surface area contributed by atoms with E-state index in [1.807, 2.05) is 30.3 Å². The first kappa shape index (κ1) is 17.2. The number of nitrogens with one attached hydrogen (secondary N) is 1. The third-order valence-electron chi connectivity index (χ3n) is 4.54. The lowest BCUT2D eigenvalue weighted by molar-refractivity contribution is 0.0853. The molecule has 3 aromatic rings. The average molecular weight is 370 g/mol. The van der Waals surface area contributed by atoms with Crippen LogP contribution in [0.25, 0.3) is 15.3 Å². The zero-order valence-electron chi connectivity index (χ0n) is 14.9. The highest BCUT2D eigenvalue weighted by molar-refractivity contribution is 7.20. The topological polar surface area (TPSA) is 69.0 Å². The van der Waals surface area contributed by atoms with E-state index in [4.69, 9.17) is 4.74 Å². The lowest BCUT2D eigenvalue weighted by atomic mass is 10.1. The van der Waals surface area contributed by atoms with Crippen molar-refractivity contribution in [2.45, 2.75) is 38.7 Å². The summed E-state index contributed by atoms with van der Waals surface area (Å²) in [6, 6.07) is 9.87. The van der Waals surface area contributed by atoms with Crippen LogP contribution in [-0.2, 0) is 4.74 Å². The Morgan fingerprint density at radius 2 is 2.27 bits per heavy atom. The molecule has 136 valence electrons. The Hall–Kier alpha value is -2.25. The fourth-order valence-corrected chi connectivity index (χ4v) is 4.06. The summed E-state index contributed by atoms with van der Waals surface area (Å²) in [4.78, 5) is 17.2. The summed E-state index contributed by atoms with van der Waals surface area (Å²) in [5, 5.41) is 8.28. The van der Waals surface area contributed by atoms with Crippen LogP contribution < -0.4 is 5.32 Å². The van der Waals surface area contributed by atoms with Gasteiger partial charge in [0.05, 0.1) is 22.0 Å². The van der Waals surface area contributed by atoms with E-state index in [-0.39, 0.29) is 17.9 Å². The van der Waals surface area contributed by atoms with Gasteiger partial charge in [-0.3, -0.25) is 4.79 Å². The first-order valence-corrected chi connectivity index (χ1v) is 9.79. The molecule has 1 aromatic carbocycles. The van der Waals surface area contributed by atoms with Gasteiger partial charge < -0.3 is 10.1 Å². The number of aromatic nitrogens is 3. The zero-order chi connectivity index (χ0) is 18.1. The SMILES string of the molecule is CC(C)c1cc(C(=O)NC[C@H]2CCCO2)nn1-c1nc2ccccc2s1. The van der Waals surface area contributed by atoms with E-state index in [1.54, 1.807) is 16.0 Å². The number of ether oxygens (including phenoxy) is 1. The molecule has 0 saturated carbocycles. The van der Waals surface area contributed by atoms with Crippen LogP contribution in [0.1, 0.15) is 48.8 Å². The van der Waals surface area contributed by atoms with E-state index in [2.05, 4.69) is 29.2 Å². The molecule has 0 bridgehead atoms. The molecule has 1 N–H and O–H groups in total. The summed E-state index contributed by atoms with van der Waals surface area (Å²) in [5.74, 6) is 0.0662. The highest BCUT2D eigenvalue weighted by Crippen LogP contribution is 2.27. The highest BCUT2D eigenvalue weighted by Gasteiger charge is 2.21. The molecule has 1 atom stereocenters. The van der Waals surface area contributed by atoms with Gasteiger partial charge in [-0.05, 0) is 37.0 Å². The van der Waals surface area contributed by atoms with Gasteiger partial charge in [0.15, 0.2) is 5.69 Å². The second kappa shape index (κ2) is 7.17. The fraction of sp³-hybridized carbons (Fsp3) is 0.421. The van der Waals surface area contributed by atoms with E-state index >= 15 is 0 Å². The van der Waals surface area contributed by atoms with Gasteiger partial charge in [0.1, 0.15) is 0 Å². The fourth-order valence-electron chi connectivity index (χ4n) is 3.12. The van der Waals surface area contributed by atoms with Crippen molar-refractivity contribution in [2.24, 2.45) is 0 Å². The second-order valence-electron chi connectivity index (χ2n) is 6.83. The van der Waals surface area contributed by atoms with Crippen molar-refractivity contribution in [1.29, 1.82) is 0 Å². The molecule has 1 aliphatic rings. The van der Waals surface area contributed by atoms with Crippen molar-refractivity contribution < 1.29 is 9.53 Å². The Kier molecular flexibility index (Phi) is 4.74. The molecule has 3 heterocycles. The number of fused-ring (bicyclic) bond motifs is 1. The number of hydrogen-bond donors (Lipinski definition) is 1. The number of nitrogens with zero attached hydrogens (tertiary/aromatic N) is 3. The smallest absolute Gasteiger partial charge is 0.271 e. The van der Waals surface area contributed by atoms with E-state index in [0.29, 0.717) is 12.2 Å². The minimum Gasteiger partial charge on any atom is -0.376 e. The number of thiazole rings is 1. The maximum absolute atomic E-state index is 12.5. The van der Waals surface area contributed by atoms with Crippen LogP contribution >= 0.6 is 11.3 Å². The Morgan fingerprint density at radius 3 is 3.00 bits per heavy atom. The molecule has 26 heavy (non-hydrogen) atoms. The van der Waals surface area contributed by atoms with Gasteiger partial charge in [0.2, 0.25) is 5.13 Å². The summed E-state index contributed by atoms with van der Waals surface area (Å²) in [7, 11) is 0. The maximum Gasteiger partial charge on any atom is 0.271 e. The van der Waals surface area contributed by atoms with Crippen molar-refractivity contribution in [3.05, 3.63) is 41.7 Å². The number of carbonyl (C=O) groups is 1. The van der Waals surface area contributed by atoms with Gasteiger partial charge in [-0.1, -0.05) is 37.3 Å².